The predicted octanol–water partition coefficient (Wildman–Crippen LogP) is 1.80. The van der Waals surface area contributed by atoms with Crippen molar-refractivity contribution in [1.29, 1.82) is 0 Å². The van der Waals surface area contributed by atoms with E-state index in [4.69, 9.17) is 4.74 Å². The third-order valence-electron chi connectivity index (χ3n) is 3.46. The third-order valence-corrected chi connectivity index (χ3v) is 3.46. The summed E-state index contributed by atoms with van der Waals surface area (Å²) in [5.41, 5.74) is 0. The molecule has 0 aromatic carbocycles. The Kier molecular flexibility index (Phi) is 3.23. The van der Waals surface area contributed by atoms with Crippen molar-refractivity contribution in [2.75, 3.05) is 19.7 Å². The number of hydrogen-bond acceptors (Lipinski definition) is 2. The van der Waals surface area contributed by atoms with Crippen LogP contribution in [0, 0.1) is 11.8 Å². The molecule has 0 bridgehead atoms. The van der Waals surface area contributed by atoms with Gasteiger partial charge in [-0.1, -0.05) is 19.8 Å². The number of nitrogens with one attached hydrogen (secondary N) is 1. The van der Waals surface area contributed by atoms with Crippen LogP contribution in [0.25, 0.3) is 0 Å². The van der Waals surface area contributed by atoms with Gasteiger partial charge in [-0.25, -0.2) is 0 Å². The third kappa shape index (κ3) is 2.44. The molecular formula is C11H21NO. The van der Waals surface area contributed by atoms with Gasteiger partial charge in [0.2, 0.25) is 0 Å². The zero-order valence-electron chi connectivity index (χ0n) is 8.59. The Bertz CT molecular complexity index is 154. The van der Waals surface area contributed by atoms with Crippen LogP contribution in [0.5, 0.6) is 0 Å². The van der Waals surface area contributed by atoms with Gasteiger partial charge < -0.3 is 10.1 Å². The van der Waals surface area contributed by atoms with Gasteiger partial charge in [0, 0.05) is 13.1 Å². The van der Waals surface area contributed by atoms with E-state index in [0.717, 1.165) is 31.5 Å². The second-order valence-electron chi connectivity index (χ2n) is 4.65. The summed E-state index contributed by atoms with van der Waals surface area (Å²) in [7, 11) is 0. The number of rotatable bonds is 1. The molecule has 76 valence electrons. The van der Waals surface area contributed by atoms with Gasteiger partial charge in [0.25, 0.3) is 0 Å². The van der Waals surface area contributed by atoms with E-state index < -0.39 is 0 Å². The SMILES string of the molecule is CC1CCCC(C2CNCCO2)C1. The minimum Gasteiger partial charge on any atom is -0.375 e. The summed E-state index contributed by atoms with van der Waals surface area (Å²) < 4.78 is 5.80. The van der Waals surface area contributed by atoms with Crippen molar-refractivity contribution in [2.45, 2.75) is 38.7 Å². The molecule has 2 rings (SSSR count). The van der Waals surface area contributed by atoms with E-state index in [1.165, 1.54) is 25.7 Å². The summed E-state index contributed by atoms with van der Waals surface area (Å²) in [5.74, 6) is 1.75. The first kappa shape index (κ1) is 9.47. The number of ether oxygens (including phenoxy) is 1. The molecule has 2 heteroatoms. The van der Waals surface area contributed by atoms with Gasteiger partial charge in [-0.2, -0.15) is 0 Å². The molecule has 0 amide bonds. The summed E-state index contributed by atoms with van der Waals surface area (Å²) in [5, 5.41) is 3.42. The van der Waals surface area contributed by atoms with Crippen LogP contribution in [0.1, 0.15) is 32.6 Å². The maximum atomic E-state index is 5.80. The molecular weight excluding hydrogens is 162 g/mol. The maximum absolute atomic E-state index is 5.80. The largest absolute Gasteiger partial charge is 0.375 e. The molecule has 2 fully saturated rings. The molecule has 2 aliphatic rings. The van der Waals surface area contributed by atoms with Crippen molar-refractivity contribution in [3.8, 4) is 0 Å². The Labute approximate surface area is 81.0 Å². The lowest BCUT2D eigenvalue weighted by atomic mass is 9.79. The van der Waals surface area contributed by atoms with Crippen LogP contribution in [-0.4, -0.2) is 25.8 Å². The minimum atomic E-state index is 0.511. The normalized spacial score (nSPS) is 41.8. The zero-order chi connectivity index (χ0) is 9.10. The molecule has 3 atom stereocenters. The highest BCUT2D eigenvalue weighted by atomic mass is 16.5. The van der Waals surface area contributed by atoms with Crippen LogP contribution >= 0.6 is 0 Å². The number of hydrogen-bond donors (Lipinski definition) is 1. The Balaban J connectivity index is 1.83. The first-order valence-electron chi connectivity index (χ1n) is 5.68. The average Bonchev–Trinajstić information content (AvgIpc) is 2.19. The molecule has 1 aliphatic heterocycles. The Morgan fingerprint density at radius 1 is 1.31 bits per heavy atom. The standard InChI is InChI=1S/C11H21NO/c1-9-3-2-4-10(7-9)11-8-12-5-6-13-11/h9-12H,2-8H2,1H3. The minimum absolute atomic E-state index is 0.511. The maximum Gasteiger partial charge on any atom is 0.0728 e. The molecule has 0 aromatic heterocycles. The van der Waals surface area contributed by atoms with Crippen molar-refractivity contribution in [3.63, 3.8) is 0 Å². The average molecular weight is 183 g/mol. The molecule has 1 saturated heterocycles. The second kappa shape index (κ2) is 4.43. The summed E-state index contributed by atoms with van der Waals surface area (Å²) in [6.07, 6.45) is 6.11. The summed E-state index contributed by atoms with van der Waals surface area (Å²) in [4.78, 5) is 0. The topological polar surface area (TPSA) is 21.3 Å². The van der Waals surface area contributed by atoms with Crippen molar-refractivity contribution in [1.82, 2.24) is 5.32 Å². The van der Waals surface area contributed by atoms with Crippen molar-refractivity contribution in [3.05, 3.63) is 0 Å². The first-order valence-corrected chi connectivity index (χ1v) is 5.68. The Morgan fingerprint density at radius 3 is 2.92 bits per heavy atom. The molecule has 13 heavy (non-hydrogen) atoms. The van der Waals surface area contributed by atoms with Crippen LogP contribution in [0.4, 0.5) is 0 Å². The van der Waals surface area contributed by atoms with Gasteiger partial charge in [-0.15, -0.1) is 0 Å². The quantitative estimate of drug-likeness (QED) is 0.669. The van der Waals surface area contributed by atoms with Crippen LogP contribution in [-0.2, 0) is 4.74 Å². The van der Waals surface area contributed by atoms with Crippen LogP contribution < -0.4 is 5.32 Å². The van der Waals surface area contributed by atoms with Gasteiger partial charge in [-0.05, 0) is 24.7 Å². The van der Waals surface area contributed by atoms with E-state index in [0.29, 0.717) is 6.10 Å². The van der Waals surface area contributed by atoms with Gasteiger partial charge in [0.05, 0.1) is 12.7 Å². The van der Waals surface area contributed by atoms with Gasteiger partial charge >= 0.3 is 0 Å². The van der Waals surface area contributed by atoms with E-state index in [1.54, 1.807) is 0 Å². The van der Waals surface area contributed by atoms with Gasteiger partial charge in [0.1, 0.15) is 0 Å². The highest BCUT2D eigenvalue weighted by molar-refractivity contribution is 4.80. The van der Waals surface area contributed by atoms with E-state index in [1.807, 2.05) is 0 Å². The van der Waals surface area contributed by atoms with E-state index >= 15 is 0 Å². The van der Waals surface area contributed by atoms with E-state index in [-0.39, 0.29) is 0 Å². The molecule has 1 aliphatic carbocycles. The zero-order valence-corrected chi connectivity index (χ0v) is 8.59. The van der Waals surface area contributed by atoms with Crippen LogP contribution in [0.3, 0.4) is 0 Å². The number of morpholine rings is 1. The molecule has 1 heterocycles. The predicted molar refractivity (Wildman–Crippen MR) is 53.7 cm³/mol. The van der Waals surface area contributed by atoms with Crippen LogP contribution in [0.15, 0.2) is 0 Å². The lowest BCUT2D eigenvalue weighted by Crippen LogP contribution is -2.43. The molecule has 1 saturated carbocycles. The fraction of sp³-hybridized carbons (Fsp3) is 1.00. The lowest BCUT2D eigenvalue weighted by molar-refractivity contribution is -0.0244. The molecule has 0 spiro atoms. The summed E-state index contributed by atoms with van der Waals surface area (Å²) in [6, 6.07) is 0. The van der Waals surface area contributed by atoms with Crippen molar-refractivity contribution < 1.29 is 4.74 Å². The molecule has 2 nitrogen and oxygen atoms in total. The fourth-order valence-electron chi connectivity index (χ4n) is 2.71. The smallest absolute Gasteiger partial charge is 0.0728 e. The van der Waals surface area contributed by atoms with Crippen LogP contribution in [0.2, 0.25) is 0 Å². The highest BCUT2D eigenvalue weighted by Crippen LogP contribution is 2.32. The second-order valence-corrected chi connectivity index (χ2v) is 4.65. The van der Waals surface area contributed by atoms with E-state index in [2.05, 4.69) is 12.2 Å². The molecule has 1 N–H and O–H groups in total. The monoisotopic (exact) mass is 183 g/mol. The molecule has 0 aromatic rings. The Hall–Kier alpha value is -0.0800. The van der Waals surface area contributed by atoms with Crippen molar-refractivity contribution in [2.24, 2.45) is 11.8 Å². The van der Waals surface area contributed by atoms with Gasteiger partial charge in [0.15, 0.2) is 0 Å². The van der Waals surface area contributed by atoms with Crippen molar-refractivity contribution >= 4 is 0 Å². The van der Waals surface area contributed by atoms with E-state index in [9.17, 15) is 0 Å². The fourth-order valence-corrected chi connectivity index (χ4v) is 2.71. The van der Waals surface area contributed by atoms with Gasteiger partial charge in [-0.3, -0.25) is 0 Å². The summed E-state index contributed by atoms with van der Waals surface area (Å²) >= 11 is 0. The lowest BCUT2D eigenvalue weighted by Gasteiger charge is -2.35. The molecule has 3 unspecified atom stereocenters. The molecule has 0 radical (unpaired) electrons. The first-order chi connectivity index (χ1) is 6.36. The highest BCUT2D eigenvalue weighted by Gasteiger charge is 2.28. The summed E-state index contributed by atoms with van der Waals surface area (Å²) in [6.45, 7) is 5.41. The Morgan fingerprint density at radius 2 is 2.23 bits per heavy atom.